The van der Waals surface area contributed by atoms with Crippen LogP contribution in [0.1, 0.15) is 39.1 Å². The lowest BCUT2D eigenvalue weighted by molar-refractivity contribution is 0.0698. The number of benzene rings is 1. The molecule has 0 saturated carbocycles. The summed E-state index contributed by atoms with van der Waals surface area (Å²) in [7, 11) is -3.76. The number of nitrogens with one attached hydrogen (secondary N) is 1. The summed E-state index contributed by atoms with van der Waals surface area (Å²) in [6.07, 6.45) is 3.37. The van der Waals surface area contributed by atoms with Crippen LogP contribution in [0.2, 0.25) is 0 Å². The van der Waals surface area contributed by atoms with Gasteiger partial charge in [0.25, 0.3) is 5.91 Å². The molecule has 0 unspecified atom stereocenters. The number of amides is 1. The Morgan fingerprint density at radius 3 is 2.74 bits per heavy atom. The third-order valence-corrected chi connectivity index (χ3v) is 7.84. The summed E-state index contributed by atoms with van der Waals surface area (Å²) < 4.78 is 32.2. The summed E-state index contributed by atoms with van der Waals surface area (Å²) in [4.78, 5) is 28.6. The lowest BCUT2D eigenvalue weighted by Crippen LogP contribution is -2.48. The van der Waals surface area contributed by atoms with Crippen LogP contribution in [0.25, 0.3) is 10.1 Å². The molecule has 0 bridgehead atoms. The van der Waals surface area contributed by atoms with Crippen molar-refractivity contribution in [3.63, 3.8) is 0 Å². The second-order valence-corrected chi connectivity index (χ2v) is 10.7. The summed E-state index contributed by atoms with van der Waals surface area (Å²) in [5, 5.41) is 14.8. The molecule has 3 aromatic rings. The fraction of sp³-hybridized carbons (Fsp3) is 0.318. The summed E-state index contributed by atoms with van der Waals surface area (Å²) in [5.74, 6) is -1.12. The number of nitrogens with two attached hydrogens (primary N) is 1. The van der Waals surface area contributed by atoms with Gasteiger partial charge in [-0.15, -0.1) is 11.3 Å². The maximum atomic E-state index is 13.2. The Hall–Kier alpha value is -3.22. The van der Waals surface area contributed by atoms with E-state index in [1.165, 1.54) is 23.6 Å². The van der Waals surface area contributed by atoms with Crippen molar-refractivity contribution in [2.45, 2.75) is 25.5 Å². The van der Waals surface area contributed by atoms with Crippen LogP contribution < -0.4 is 15.8 Å². The second kappa shape index (κ2) is 9.57. The van der Waals surface area contributed by atoms with E-state index in [1.807, 2.05) is 0 Å². The molecule has 1 saturated heterocycles. The first-order chi connectivity index (χ1) is 16.2. The van der Waals surface area contributed by atoms with Crippen LogP contribution in [-0.4, -0.2) is 60.1 Å². The number of carboxylic acids is 1. The fourth-order valence-corrected chi connectivity index (χ4v) is 6.25. The highest BCUT2D eigenvalue weighted by atomic mass is 32.2. The van der Waals surface area contributed by atoms with Crippen LogP contribution in [0.4, 0.5) is 5.82 Å². The number of rotatable bonds is 7. The van der Waals surface area contributed by atoms with E-state index in [9.17, 15) is 23.1 Å². The minimum absolute atomic E-state index is 0.0619. The number of hydrogen-bond donors (Lipinski definition) is 3. The molecular formula is C22H24N4O6S2. The maximum absolute atomic E-state index is 13.2. The number of nitrogen functional groups attached to an aromatic ring is 1. The van der Waals surface area contributed by atoms with Gasteiger partial charge in [-0.3, -0.25) is 4.79 Å². The van der Waals surface area contributed by atoms with E-state index in [1.54, 1.807) is 23.6 Å². The number of fused-ring (bicyclic) bond motifs is 1. The smallest absolute Gasteiger partial charge is 0.338 e. The average Bonchev–Trinajstić information content (AvgIpc) is 3.22. The lowest BCUT2D eigenvalue weighted by atomic mass is 10.1. The predicted molar refractivity (Wildman–Crippen MR) is 129 cm³/mol. The first-order valence-corrected chi connectivity index (χ1v) is 13.2. The number of carboxylic acid groups (broad SMARTS) is 1. The van der Waals surface area contributed by atoms with Gasteiger partial charge in [0.05, 0.1) is 22.6 Å². The Bertz CT molecular complexity index is 1350. The Morgan fingerprint density at radius 2 is 2.06 bits per heavy atom. The number of pyridine rings is 1. The summed E-state index contributed by atoms with van der Waals surface area (Å²) in [6.45, 7) is 1.35. The number of carbonyl (C=O) groups excluding carboxylic acids is 1. The minimum atomic E-state index is -3.76. The number of aromatic nitrogens is 1. The Balaban J connectivity index is 1.57. The van der Waals surface area contributed by atoms with Crippen molar-refractivity contribution in [3.8, 4) is 5.75 Å². The molecule has 2 aromatic heterocycles. The Kier molecular flexibility index (Phi) is 6.73. The first-order valence-electron chi connectivity index (χ1n) is 10.5. The number of aromatic carboxylic acids is 1. The zero-order chi connectivity index (χ0) is 24.5. The number of piperidine rings is 1. The van der Waals surface area contributed by atoms with E-state index in [2.05, 4.69) is 10.3 Å². The topological polar surface area (TPSA) is 152 Å². The highest BCUT2D eigenvalue weighted by Crippen LogP contribution is 2.33. The predicted octanol–water partition coefficient (Wildman–Crippen LogP) is 2.31. The van der Waals surface area contributed by atoms with E-state index in [4.69, 9.17) is 10.5 Å². The highest BCUT2D eigenvalue weighted by molar-refractivity contribution is 7.88. The molecular weight excluding hydrogens is 480 g/mol. The number of anilines is 1. The van der Waals surface area contributed by atoms with E-state index < -0.39 is 27.9 Å². The Morgan fingerprint density at radius 1 is 1.32 bits per heavy atom. The molecule has 0 atom stereocenters. The van der Waals surface area contributed by atoms with Gasteiger partial charge in [-0.1, -0.05) is 6.07 Å². The van der Waals surface area contributed by atoms with Gasteiger partial charge in [0, 0.05) is 22.7 Å². The van der Waals surface area contributed by atoms with E-state index in [0.29, 0.717) is 47.3 Å². The molecule has 4 rings (SSSR count). The number of sulfonamides is 1. The van der Waals surface area contributed by atoms with Crippen LogP contribution in [0.5, 0.6) is 5.75 Å². The molecule has 34 heavy (non-hydrogen) atoms. The lowest BCUT2D eigenvalue weighted by Gasteiger charge is -2.32. The van der Waals surface area contributed by atoms with E-state index >= 15 is 0 Å². The van der Waals surface area contributed by atoms with Gasteiger partial charge in [-0.05, 0) is 49.5 Å². The summed E-state index contributed by atoms with van der Waals surface area (Å²) in [6, 6.07) is 5.93. The van der Waals surface area contributed by atoms with Crippen LogP contribution >= 0.6 is 11.3 Å². The van der Waals surface area contributed by atoms with Crippen molar-refractivity contribution in [1.29, 1.82) is 0 Å². The molecule has 10 nitrogen and oxygen atoms in total. The van der Waals surface area contributed by atoms with Crippen LogP contribution in [0.3, 0.4) is 0 Å². The molecule has 0 aliphatic carbocycles. The molecule has 0 spiro atoms. The summed E-state index contributed by atoms with van der Waals surface area (Å²) in [5.41, 5.74) is 6.91. The Labute approximate surface area is 200 Å². The zero-order valence-electron chi connectivity index (χ0n) is 18.4. The van der Waals surface area contributed by atoms with Crippen molar-refractivity contribution in [3.05, 3.63) is 52.5 Å². The third-order valence-electron chi connectivity index (χ3n) is 5.60. The average molecular weight is 505 g/mol. The number of nitrogens with zero attached hydrogens (tertiary/aromatic N) is 2. The second-order valence-electron chi connectivity index (χ2n) is 7.99. The van der Waals surface area contributed by atoms with Crippen molar-refractivity contribution in [1.82, 2.24) is 14.6 Å². The maximum Gasteiger partial charge on any atom is 0.338 e. The molecule has 1 fully saturated rings. The number of thiophene rings is 1. The SMILES string of the molecule is CS(=O)(=O)N(C(=O)c1cccc(OCc2csc3c(C(=O)O)cnc(N)c23)c1)C1CCNCC1. The van der Waals surface area contributed by atoms with Gasteiger partial charge in [0.2, 0.25) is 10.0 Å². The van der Waals surface area contributed by atoms with Crippen LogP contribution in [0, 0.1) is 0 Å². The van der Waals surface area contributed by atoms with Gasteiger partial charge in [-0.25, -0.2) is 22.5 Å². The highest BCUT2D eigenvalue weighted by Gasteiger charge is 2.33. The zero-order valence-corrected chi connectivity index (χ0v) is 20.0. The molecule has 3 heterocycles. The largest absolute Gasteiger partial charge is 0.489 e. The number of carbonyl (C=O) groups is 2. The summed E-state index contributed by atoms with van der Waals surface area (Å²) >= 11 is 1.24. The van der Waals surface area contributed by atoms with Gasteiger partial charge < -0.3 is 20.9 Å². The number of ether oxygens (including phenoxy) is 1. The monoisotopic (exact) mass is 504 g/mol. The van der Waals surface area contributed by atoms with E-state index in [-0.39, 0.29) is 23.6 Å². The van der Waals surface area contributed by atoms with Gasteiger partial charge in [0.15, 0.2) is 0 Å². The molecule has 1 aliphatic heterocycles. The van der Waals surface area contributed by atoms with Crippen molar-refractivity contribution < 1.29 is 27.9 Å². The molecule has 1 amide bonds. The third kappa shape index (κ3) is 4.83. The standard InChI is InChI=1S/C22H24N4O6S2/c1-34(30,31)26(15-5-7-24-8-6-15)21(27)13-3-2-4-16(9-13)32-11-14-12-33-19-17(22(28)29)10-25-20(23)18(14)19/h2-4,9-10,12,15,24H,5-8,11H2,1H3,(H2,23,25)(H,28,29). The van der Waals surface area contributed by atoms with Crippen molar-refractivity contribution >= 4 is 49.1 Å². The minimum Gasteiger partial charge on any atom is -0.489 e. The van der Waals surface area contributed by atoms with Gasteiger partial charge in [0.1, 0.15) is 18.2 Å². The molecule has 1 aromatic carbocycles. The molecule has 1 aliphatic rings. The van der Waals surface area contributed by atoms with E-state index in [0.717, 1.165) is 10.6 Å². The van der Waals surface area contributed by atoms with Crippen LogP contribution in [-0.2, 0) is 16.6 Å². The quantitative estimate of drug-likeness (QED) is 0.440. The van der Waals surface area contributed by atoms with Crippen LogP contribution in [0.15, 0.2) is 35.8 Å². The molecule has 4 N–H and O–H groups in total. The van der Waals surface area contributed by atoms with Gasteiger partial charge in [-0.2, -0.15) is 0 Å². The van der Waals surface area contributed by atoms with Gasteiger partial charge >= 0.3 is 5.97 Å². The fourth-order valence-electron chi connectivity index (χ4n) is 4.02. The molecule has 12 heteroatoms. The van der Waals surface area contributed by atoms with Crippen molar-refractivity contribution in [2.75, 3.05) is 25.1 Å². The normalized spacial score (nSPS) is 14.7. The van der Waals surface area contributed by atoms with Crippen molar-refractivity contribution in [2.24, 2.45) is 0 Å². The molecule has 0 radical (unpaired) electrons. The first kappa shape index (κ1) is 23.9. The number of hydrogen-bond acceptors (Lipinski definition) is 9. The molecule has 180 valence electrons.